The van der Waals surface area contributed by atoms with Crippen molar-refractivity contribution in [2.45, 2.75) is 32.8 Å². The first-order chi connectivity index (χ1) is 15.7. The third-order valence-electron chi connectivity index (χ3n) is 5.92. The Balaban J connectivity index is 1.53. The molecule has 32 heavy (non-hydrogen) atoms. The van der Waals surface area contributed by atoms with Crippen LogP contribution in [0.2, 0.25) is 5.02 Å². The van der Waals surface area contributed by atoms with Crippen molar-refractivity contribution in [2.24, 2.45) is 5.16 Å². The molecule has 4 heteroatoms. The molecule has 1 aliphatic rings. The van der Waals surface area contributed by atoms with Gasteiger partial charge in [0.05, 0.1) is 11.4 Å². The van der Waals surface area contributed by atoms with Crippen molar-refractivity contribution < 1.29 is 4.84 Å². The number of rotatable bonds is 5. The summed E-state index contributed by atoms with van der Waals surface area (Å²) in [5, 5.41) is 5.29. The highest BCUT2D eigenvalue weighted by molar-refractivity contribution is 6.30. The quantitative estimate of drug-likeness (QED) is 0.297. The Morgan fingerprint density at radius 3 is 2.41 bits per heavy atom. The Bertz CT molecular complexity index is 1240. The molecule has 3 aromatic carbocycles. The number of oxime groups is 1. The largest absolute Gasteiger partial charge is 0.391 e. The summed E-state index contributed by atoms with van der Waals surface area (Å²) in [7, 11) is 0. The lowest BCUT2D eigenvalue weighted by Gasteiger charge is -2.19. The molecular formula is C28H25ClN2O. The number of nitrogens with zero attached hydrogens (tertiary/aromatic N) is 2. The van der Waals surface area contributed by atoms with Crippen molar-refractivity contribution in [3.05, 3.63) is 112 Å². The Morgan fingerprint density at radius 1 is 0.906 bits per heavy atom. The van der Waals surface area contributed by atoms with Gasteiger partial charge in [-0.25, -0.2) is 0 Å². The first-order valence-corrected chi connectivity index (χ1v) is 11.4. The van der Waals surface area contributed by atoms with Gasteiger partial charge >= 0.3 is 0 Å². The summed E-state index contributed by atoms with van der Waals surface area (Å²) in [6.45, 7) is 2.55. The second-order valence-corrected chi connectivity index (χ2v) is 8.65. The van der Waals surface area contributed by atoms with E-state index >= 15 is 0 Å². The number of aryl methyl sites for hydroxylation is 1. The molecule has 0 radical (unpaired) electrons. The lowest BCUT2D eigenvalue weighted by molar-refractivity contribution is 0.130. The lowest BCUT2D eigenvalue weighted by atomic mass is 9.95. The summed E-state index contributed by atoms with van der Waals surface area (Å²) in [5.41, 5.74) is 9.38. The second kappa shape index (κ2) is 9.05. The monoisotopic (exact) mass is 440 g/mol. The predicted octanol–water partition coefficient (Wildman–Crippen LogP) is 7.36. The fourth-order valence-corrected chi connectivity index (χ4v) is 4.40. The number of aromatic nitrogens is 1. The number of benzene rings is 3. The van der Waals surface area contributed by atoms with Crippen LogP contribution in [0.15, 0.2) is 90.1 Å². The molecule has 4 aromatic rings. The smallest absolute Gasteiger partial charge is 0.142 e. The van der Waals surface area contributed by atoms with Gasteiger partial charge in [-0.15, -0.1) is 0 Å². The van der Waals surface area contributed by atoms with Crippen LogP contribution in [0.5, 0.6) is 0 Å². The van der Waals surface area contributed by atoms with Crippen LogP contribution in [0.25, 0.3) is 16.9 Å². The molecule has 160 valence electrons. The summed E-state index contributed by atoms with van der Waals surface area (Å²) in [5.74, 6) is 0. The van der Waals surface area contributed by atoms with Gasteiger partial charge < -0.3 is 9.40 Å². The Kier molecular flexibility index (Phi) is 5.83. The first-order valence-electron chi connectivity index (χ1n) is 11.0. The average Bonchev–Trinajstić information content (AvgIpc) is 3.22. The number of fused-ring (bicyclic) bond motifs is 1. The zero-order valence-electron chi connectivity index (χ0n) is 18.1. The van der Waals surface area contributed by atoms with Crippen molar-refractivity contribution in [3.8, 4) is 16.9 Å². The minimum absolute atomic E-state index is 0.431. The van der Waals surface area contributed by atoms with Gasteiger partial charge in [0, 0.05) is 22.0 Å². The molecule has 0 spiro atoms. The van der Waals surface area contributed by atoms with Gasteiger partial charge in [0.1, 0.15) is 6.61 Å². The zero-order valence-corrected chi connectivity index (χ0v) is 18.8. The molecule has 0 bridgehead atoms. The van der Waals surface area contributed by atoms with Crippen molar-refractivity contribution in [1.29, 1.82) is 0 Å². The van der Waals surface area contributed by atoms with Gasteiger partial charge in [0.2, 0.25) is 0 Å². The molecule has 0 atom stereocenters. The maximum Gasteiger partial charge on any atom is 0.142 e. The molecule has 1 aliphatic carbocycles. The number of halogens is 1. The van der Waals surface area contributed by atoms with Crippen molar-refractivity contribution in [3.63, 3.8) is 0 Å². The van der Waals surface area contributed by atoms with Gasteiger partial charge in [-0.2, -0.15) is 0 Å². The highest BCUT2D eigenvalue weighted by Gasteiger charge is 2.24. The molecule has 5 rings (SSSR count). The van der Waals surface area contributed by atoms with E-state index in [2.05, 4.69) is 77.3 Å². The van der Waals surface area contributed by atoms with Gasteiger partial charge in [0.25, 0.3) is 0 Å². The normalized spacial score (nSPS) is 14.4. The molecule has 3 nitrogen and oxygen atoms in total. The molecule has 0 aliphatic heterocycles. The first kappa shape index (κ1) is 20.6. The minimum Gasteiger partial charge on any atom is -0.391 e. The Morgan fingerprint density at radius 2 is 1.66 bits per heavy atom. The Hall–Kier alpha value is -3.30. The van der Waals surface area contributed by atoms with Gasteiger partial charge in [0.15, 0.2) is 0 Å². The van der Waals surface area contributed by atoms with E-state index in [1.165, 1.54) is 33.8 Å². The second-order valence-electron chi connectivity index (χ2n) is 8.22. The van der Waals surface area contributed by atoms with Crippen LogP contribution in [0, 0.1) is 6.92 Å². The van der Waals surface area contributed by atoms with Gasteiger partial charge in [-0.05, 0) is 67.6 Å². The zero-order chi connectivity index (χ0) is 21.9. The van der Waals surface area contributed by atoms with E-state index in [0.29, 0.717) is 6.61 Å². The lowest BCUT2D eigenvalue weighted by Crippen LogP contribution is -2.14. The third kappa shape index (κ3) is 4.21. The summed E-state index contributed by atoms with van der Waals surface area (Å²) in [6.07, 6.45) is 2.99. The number of hydrogen-bond acceptors (Lipinski definition) is 2. The van der Waals surface area contributed by atoms with E-state index in [0.717, 1.165) is 35.6 Å². The van der Waals surface area contributed by atoms with E-state index in [4.69, 9.17) is 16.4 Å². The topological polar surface area (TPSA) is 26.5 Å². The predicted molar refractivity (Wildman–Crippen MR) is 132 cm³/mol. The van der Waals surface area contributed by atoms with Crippen molar-refractivity contribution >= 4 is 17.3 Å². The average molecular weight is 441 g/mol. The summed E-state index contributed by atoms with van der Waals surface area (Å²) < 4.78 is 2.39. The van der Waals surface area contributed by atoms with Gasteiger partial charge in [-0.1, -0.05) is 76.9 Å². The van der Waals surface area contributed by atoms with Gasteiger partial charge in [-0.3, -0.25) is 0 Å². The molecule has 0 saturated heterocycles. The van der Waals surface area contributed by atoms with Crippen LogP contribution < -0.4 is 0 Å². The molecule has 0 saturated carbocycles. The highest BCUT2D eigenvalue weighted by atomic mass is 35.5. The maximum atomic E-state index is 5.98. The maximum absolute atomic E-state index is 5.98. The van der Waals surface area contributed by atoms with E-state index < -0.39 is 0 Å². The molecule has 1 heterocycles. The van der Waals surface area contributed by atoms with Crippen LogP contribution in [0.4, 0.5) is 0 Å². The SMILES string of the molecule is Cc1ccc(-n2c(-c3ccccc3)cc3c2CCC/C3=N\OCc2ccc(Cl)cc2)cc1. The van der Waals surface area contributed by atoms with E-state index in [9.17, 15) is 0 Å². The highest BCUT2D eigenvalue weighted by Crippen LogP contribution is 2.34. The fourth-order valence-electron chi connectivity index (χ4n) is 4.27. The van der Waals surface area contributed by atoms with E-state index in [1.807, 2.05) is 24.3 Å². The van der Waals surface area contributed by atoms with Crippen LogP contribution in [-0.2, 0) is 17.9 Å². The van der Waals surface area contributed by atoms with Crippen LogP contribution in [0.3, 0.4) is 0 Å². The molecule has 0 N–H and O–H groups in total. The molecule has 0 fully saturated rings. The molecule has 0 amide bonds. The standard InChI is InChI=1S/C28H25ClN2O/c1-20-10-16-24(17-11-20)31-27-9-5-8-26(30-32-19-21-12-14-23(29)15-13-21)25(27)18-28(31)22-6-3-2-4-7-22/h2-4,6-7,10-18H,5,8-9,19H2,1H3/b30-26+. The van der Waals surface area contributed by atoms with Crippen LogP contribution in [-0.4, -0.2) is 10.3 Å². The van der Waals surface area contributed by atoms with E-state index in [1.54, 1.807) is 0 Å². The summed E-state index contributed by atoms with van der Waals surface area (Å²) >= 11 is 5.98. The van der Waals surface area contributed by atoms with Crippen LogP contribution >= 0.6 is 11.6 Å². The molecule has 1 aromatic heterocycles. The number of hydrogen-bond donors (Lipinski definition) is 0. The minimum atomic E-state index is 0.431. The molecular weight excluding hydrogens is 416 g/mol. The summed E-state index contributed by atoms with van der Waals surface area (Å²) in [6, 6.07) is 29.3. The fraction of sp³-hybridized carbons (Fsp3) is 0.179. The third-order valence-corrected chi connectivity index (χ3v) is 6.17. The summed E-state index contributed by atoms with van der Waals surface area (Å²) in [4.78, 5) is 5.77. The van der Waals surface area contributed by atoms with E-state index in [-0.39, 0.29) is 0 Å². The molecule has 0 unspecified atom stereocenters. The Labute approximate surface area is 193 Å². The van der Waals surface area contributed by atoms with Crippen LogP contribution in [0.1, 0.15) is 35.2 Å². The van der Waals surface area contributed by atoms with Crippen molar-refractivity contribution in [1.82, 2.24) is 4.57 Å². The van der Waals surface area contributed by atoms with Crippen molar-refractivity contribution in [2.75, 3.05) is 0 Å².